The molecule has 0 amide bonds. The first-order chi connectivity index (χ1) is 12.1. The molecular formula is C13H15F5N6O2. The summed E-state index contributed by atoms with van der Waals surface area (Å²) in [7, 11) is 0. The average molecular weight is 382 g/mol. The summed E-state index contributed by atoms with van der Waals surface area (Å²) < 4.78 is 60.8. The number of alkyl halides is 5. The van der Waals surface area contributed by atoms with E-state index < -0.39 is 24.0 Å². The zero-order chi connectivity index (χ0) is 19.4. The zero-order valence-electron chi connectivity index (χ0n) is 13.2. The molecule has 1 atom stereocenters. The van der Waals surface area contributed by atoms with Crippen LogP contribution in [-0.2, 0) is 4.79 Å². The molecule has 2 aromatic heterocycles. The van der Waals surface area contributed by atoms with Crippen LogP contribution >= 0.6 is 0 Å². The summed E-state index contributed by atoms with van der Waals surface area (Å²) in [6.45, 7) is 0.528. The third-order valence-electron chi connectivity index (χ3n) is 3.60. The number of piperidine rings is 1. The molecule has 0 spiro atoms. The number of aliphatic carboxylic acids is 1. The molecule has 8 nitrogen and oxygen atoms in total. The molecule has 1 saturated heterocycles. The molecule has 3 rings (SSSR count). The number of halogens is 5. The number of carbonyl (C=O) groups is 1. The molecule has 2 aromatic rings. The third-order valence-corrected chi connectivity index (χ3v) is 3.60. The molecule has 1 fully saturated rings. The van der Waals surface area contributed by atoms with Gasteiger partial charge in [-0.05, 0) is 13.0 Å². The van der Waals surface area contributed by atoms with Crippen LogP contribution in [0.25, 0.3) is 5.65 Å². The van der Waals surface area contributed by atoms with Crippen molar-refractivity contribution in [2.75, 3.05) is 25.0 Å². The van der Waals surface area contributed by atoms with Gasteiger partial charge in [-0.2, -0.15) is 13.2 Å². The van der Waals surface area contributed by atoms with Gasteiger partial charge in [0.2, 0.25) is 5.65 Å². The Morgan fingerprint density at radius 1 is 1.46 bits per heavy atom. The van der Waals surface area contributed by atoms with Gasteiger partial charge in [0.05, 0.1) is 6.54 Å². The minimum Gasteiger partial charge on any atom is -0.475 e. The van der Waals surface area contributed by atoms with Gasteiger partial charge in [-0.3, -0.25) is 4.40 Å². The van der Waals surface area contributed by atoms with Crippen LogP contribution < -0.4 is 10.6 Å². The maximum atomic E-state index is 13.7. The fraction of sp³-hybridized carbons (Fsp3) is 0.538. The highest BCUT2D eigenvalue weighted by Gasteiger charge is 2.41. The van der Waals surface area contributed by atoms with Crippen molar-refractivity contribution in [3.63, 3.8) is 0 Å². The Balaban J connectivity index is 0.000000298. The first-order valence-corrected chi connectivity index (χ1v) is 7.38. The smallest absolute Gasteiger partial charge is 0.475 e. The molecule has 0 radical (unpaired) electrons. The van der Waals surface area contributed by atoms with Crippen molar-refractivity contribution in [2.45, 2.75) is 18.5 Å². The summed E-state index contributed by atoms with van der Waals surface area (Å²) in [5, 5.41) is 20.5. The molecule has 3 heterocycles. The van der Waals surface area contributed by atoms with Crippen LogP contribution in [0.1, 0.15) is 6.42 Å². The lowest BCUT2D eigenvalue weighted by atomic mass is 9.94. The van der Waals surface area contributed by atoms with Gasteiger partial charge < -0.3 is 15.7 Å². The number of hydrogen-bond acceptors (Lipinski definition) is 6. The number of carboxylic acid groups (broad SMARTS) is 1. The second kappa shape index (κ2) is 7.76. The van der Waals surface area contributed by atoms with Crippen LogP contribution in [0.15, 0.2) is 18.7 Å². The summed E-state index contributed by atoms with van der Waals surface area (Å²) >= 11 is 0. The number of aromatic nitrogens is 4. The Kier molecular flexibility index (Phi) is 5.90. The van der Waals surface area contributed by atoms with E-state index >= 15 is 0 Å². The van der Waals surface area contributed by atoms with Crippen molar-refractivity contribution in [1.82, 2.24) is 24.9 Å². The molecule has 1 aliphatic heterocycles. The second-order valence-corrected chi connectivity index (χ2v) is 5.44. The maximum Gasteiger partial charge on any atom is 0.490 e. The predicted molar refractivity (Wildman–Crippen MR) is 78.9 cm³/mol. The summed E-state index contributed by atoms with van der Waals surface area (Å²) in [4.78, 5) is 13.0. The van der Waals surface area contributed by atoms with Crippen molar-refractivity contribution < 1.29 is 31.9 Å². The topological polar surface area (TPSA) is 104 Å². The Labute approximate surface area is 143 Å². The number of nitrogens with one attached hydrogen (secondary N) is 2. The van der Waals surface area contributed by atoms with Crippen molar-refractivity contribution in [3.05, 3.63) is 18.7 Å². The maximum absolute atomic E-state index is 13.7. The lowest BCUT2D eigenvalue weighted by molar-refractivity contribution is -0.192. The first kappa shape index (κ1) is 19.8. The Hall–Kier alpha value is -2.57. The molecule has 0 aliphatic carbocycles. The van der Waals surface area contributed by atoms with Gasteiger partial charge in [-0.1, -0.05) is 0 Å². The third kappa shape index (κ3) is 4.97. The van der Waals surface area contributed by atoms with E-state index in [2.05, 4.69) is 25.8 Å². The standard InChI is InChI=1S/C11H14F2N6.C2HF3O2/c12-11(13)6-14-2-1-8(11)5-16-9-10-18-17-7-19(10)4-3-15-9;3-2(4,5)1(6)7/h3-4,7-8,14H,1-2,5-6H2,(H,15,16);(H,6,7)/t8-;/m1./s1. The minimum absolute atomic E-state index is 0.175. The van der Waals surface area contributed by atoms with Crippen LogP contribution in [0.4, 0.5) is 27.8 Å². The first-order valence-electron chi connectivity index (χ1n) is 7.38. The van der Waals surface area contributed by atoms with Crippen LogP contribution in [-0.4, -0.2) is 62.4 Å². The largest absolute Gasteiger partial charge is 0.490 e. The summed E-state index contributed by atoms with van der Waals surface area (Å²) in [5.41, 5.74) is 0.541. The number of carboxylic acids is 1. The van der Waals surface area contributed by atoms with E-state index in [0.29, 0.717) is 24.4 Å². The van der Waals surface area contributed by atoms with E-state index in [1.54, 1.807) is 23.1 Å². The van der Waals surface area contributed by atoms with E-state index in [9.17, 15) is 22.0 Å². The zero-order valence-corrected chi connectivity index (χ0v) is 13.2. The lowest BCUT2D eigenvalue weighted by Gasteiger charge is -2.31. The van der Waals surface area contributed by atoms with Gasteiger partial charge >= 0.3 is 12.1 Å². The molecular weight excluding hydrogens is 367 g/mol. The average Bonchev–Trinajstić information content (AvgIpc) is 3.02. The van der Waals surface area contributed by atoms with Gasteiger partial charge in [-0.15, -0.1) is 10.2 Å². The summed E-state index contributed by atoms with van der Waals surface area (Å²) in [5.74, 6) is -5.66. The highest BCUT2D eigenvalue weighted by atomic mass is 19.4. The molecule has 0 unspecified atom stereocenters. The molecule has 0 saturated carbocycles. The number of rotatable bonds is 3. The van der Waals surface area contributed by atoms with Gasteiger partial charge in [-0.25, -0.2) is 18.6 Å². The summed E-state index contributed by atoms with van der Waals surface area (Å²) in [6, 6.07) is 0. The van der Waals surface area contributed by atoms with Crippen molar-refractivity contribution >= 4 is 17.4 Å². The molecule has 0 bridgehead atoms. The fourth-order valence-electron chi connectivity index (χ4n) is 2.24. The van der Waals surface area contributed by atoms with E-state index in [-0.39, 0.29) is 13.1 Å². The lowest BCUT2D eigenvalue weighted by Crippen LogP contribution is -2.48. The Morgan fingerprint density at radius 3 is 2.77 bits per heavy atom. The van der Waals surface area contributed by atoms with Crippen LogP contribution in [0.3, 0.4) is 0 Å². The van der Waals surface area contributed by atoms with Gasteiger partial charge in [0.25, 0.3) is 5.92 Å². The van der Waals surface area contributed by atoms with Crippen LogP contribution in [0.5, 0.6) is 0 Å². The van der Waals surface area contributed by atoms with Crippen molar-refractivity contribution in [2.24, 2.45) is 5.92 Å². The molecule has 3 N–H and O–H groups in total. The van der Waals surface area contributed by atoms with Gasteiger partial charge in [0.15, 0.2) is 5.82 Å². The molecule has 144 valence electrons. The SMILES string of the molecule is FC1(F)CNCC[C@@H]1CNc1nccn2cnnc12.O=C(O)C(F)(F)F. The number of nitrogens with zero attached hydrogens (tertiary/aromatic N) is 4. The quantitative estimate of drug-likeness (QED) is 0.690. The van der Waals surface area contributed by atoms with E-state index in [1.807, 2.05) is 0 Å². The van der Waals surface area contributed by atoms with Crippen LogP contribution in [0.2, 0.25) is 0 Å². The molecule has 13 heteroatoms. The van der Waals surface area contributed by atoms with E-state index in [4.69, 9.17) is 9.90 Å². The monoisotopic (exact) mass is 382 g/mol. The Bertz CT molecular complexity index is 750. The molecule has 1 aliphatic rings. The highest BCUT2D eigenvalue weighted by Crippen LogP contribution is 2.29. The number of anilines is 1. The van der Waals surface area contributed by atoms with Crippen molar-refractivity contribution in [1.29, 1.82) is 0 Å². The highest BCUT2D eigenvalue weighted by molar-refractivity contribution is 5.73. The molecule has 26 heavy (non-hydrogen) atoms. The van der Waals surface area contributed by atoms with Crippen LogP contribution in [0, 0.1) is 5.92 Å². The summed E-state index contributed by atoms with van der Waals surface area (Å²) in [6.07, 6.45) is 0.191. The van der Waals surface area contributed by atoms with E-state index in [1.165, 1.54) is 0 Å². The normalized spacial score (nSPS) is 19.5. The van der Waals surface area contributed by atoms with Gasteiger partial charge in [0, 0.05) is 24.9 Å². The van der Waals surface area contributed by atoms with Crippen molar-refractivity contribution in [3.8, 4) is 0 Å². The van der Waals surface area contributed by atoms with E-state index in [0.717, 1.165) is 0 Å². The Morgan fingerprint density at radius 2 is 2.15 bits per heavy atom. The second-order valence-electron chi connectivity index (χ2n) is 5.44. The number of hydrogen-bond donors (Lipinski definition) is 3. The number of fused-ring (bicyclic) bond motifs is 1. The molecule has 0 aromatic carbocycles. The predicted octanol–water partition coefficient (Wildman–Crippen LogP) is 1.41. The minimum atomic E-state index is -5.08. The van der Waals surface area contributed by atoms with Gasteiger partial charge in [0.1, 0.15) is 6.33 Å². The fourth-order valence-corrected chi connectivity index (χ4v) is 2.24.